The largest absolute Gasteiger partial charge is 0.322 e. The fraction of sp³-hybridized carbons (Fsp3) is 0.133. The van der Waals surface area contributed by atoms with Gasteiger partial charge in [-0.05, 0) is 36.4 Å². The van der Waals surface area contributed by atoms with Gasteiger partial charge in [0.1, 0.15) is 0 Å². The van der Waals surface area contributed by atoms with Gasteiger partial charge in [0.05, 0.1) is 24.3 Å². The summed E-state index contributed by atoms with van der Waals surface area (Å²) in [7, 11) is -3.38. The smallest absolute Gasteiger partial charge is 0.255 e. The van der Waals surface area contributed by atoms with Crippen LogP contribution >= 0.6 is 0 Å². The summed E-state index contributed by atoms with van der Waals surface area (Å²) >= 11 is 0. The number of hydrogen-bond acceptors (Lipinski definition) is 7. The average molecular weight is 362 g/mol. The summed E-state index contributed by atoms with van der Waals surface area (Å²) < 4.78 is 25.0. The third kappa shape index (κ3) is 4.67. The fourth-order valence-corrected chi connectivity index (χ4v) is 2.87. The highest BCUT2D eigenvalue weighted by Gasteiger charge is 2.13. The fourth-order valence-electron chi connectivity index (χ4n) is 2.31. The van der Waals surface area contributed by atoms with Crippen molar-refractivity contribution < 1.29 is 13.2 Å². The molecule has 3 rings (SSSR count). The second-order valence-corrected chi connectivity index (χ2v) is 7.21. The number of benzene rings is 2. The first-order valence-corrected chi connectivity index (χ1v) is 9.30. The molecule has 0 bridgehead atoms. The number of carbonyl (C=O) groups excluding carboxylic acids is 1. The van der Waals surface area contributed by atoms with E-state index in [9.17, 15) is 13.2 Å². The Balaban J connectivity index is 1.74. The molecule has 1 aliphatic rings. The van der Waals surface area contributed by atoms with Crippen molar-refractivity contribution in [3.63, 3.8) is 0 Å². The van der Waals surface area contributed by atoms with E-state index in [2.05, 4.69) is 26.5 Å². The zero-order chi connectivity index (χ0) is 17.9. The van der Waals surface area contributed by atoms with E-state index < -0.39 is 10.0 Å². The molecule has 0 spiro atoms. The lowest BCUT2D eigenvalue weighted by atomic mass is 10.1. The van der Waals surface area contributed by atoms with E-state index in [0.29, 0.717) is 23.6 Å². The molecule has 0 atom stereocenters. The summed E-state index contributed by atoms with van der Waals surface area (Å²) in [5, 5.41) is 4.56. The van der Waals surface area contributed by atoms with Gasteiger partial charge in [-0.1, -0.05) is 12.1 Å². The van der Waals surface area contributed by atoms with Crippen molar-refractivity contribution in [1.29, 1.82) is 0 Å². The zero-order valence-electron chi connectivity index (χ0n) is 13.4. The summed E-state index contributed by atoms with van der Waals surface area (Å²) in [4.78, 5) is 12.5. The third-order valence-corrected chi connectivity index (χ3v) is 3.97. The standard InChI is InChI=1S/C15H18N6O3S/c1-25(23,24)18-13-6-3-5-12(9-13)17-15(22)11-4-2-7-14(8-11)21-10-16-19-20-21/h2-9,16,18-20H,10H2,1H3,(H,17,22). The van der Waals surface area contributed by atoms with Crippen LogP contribution in [0.3, 0.4) is 0 Å². The highest BCUT2D eigenvalue weighted by atomic mass is 32.2. The molecule has 0 aromatic heterocycles. The van der Waals surface area contributed by atoms with E-state index in [4.69, 9.17) is 0 Å². The molecular weight excluding hydrogens is 344 g/mol. The van der Waals surface area contributed by atoms with Crippen LogP contribution in [-0.2, 0) is 10.0 Å². The normalized spacial score (nSPS) is 14.4. The number of nitrogens with zero attached hydrogens (tertiary/aromatic N) is 1. The number of carbonyl (C=O) groups is 1. The number of anilines is 3. The van der Waals surface area contributed by atoms with Gasteiger partial charge in [0.25, 0.3) is 5.91 Å². The van der Waals surface area contributed by atoms with Crippen molar-refractivity contribution in [2.45, 2.75) is 0 Å². The quantitative estimate of drug-likeness (QED) is 0.529. The molecule has 1 amide bonds. The van der Waals surface area contributed by atoms with Gasteiger partial charge in [-0.25, -0.2) is 13.8 Å². The second-order valence-electron chi connectivity index (χ2n) is 5.46. The molecule has 2 aromatic carbocycles. The molecule has 0 aliphatic carbocycles. The molecule has 1 heterocycles. The second kappa shape index (κ2) is 7.07. The Morgan fingerprint density at radius 2 is 1.88 bits per heavy atom. The minimum Gasteiger partial charge on any atom is -0.322 e. The van der Waals surface area contributed by atoms with E-state index in [1.54, 1.807) is 47.5 Å². The highest BCUT2D eigenvalue weighted by Crippen LogP contribution is 2.19. The molecule has 0 saturated carbocycles. The molecule has 132 valence electrons. The van der Waals surface area contributed by atoms with Crippen LogP contribution in [0.4, 0.5) is 17.1 Å². The van der Waals surface area contributed by atoms with E-state index >= 15 is 0 Å². The topological polar surface area (TPSA) is 115 Å². The lowest BCUT2D eigenvalue weighted by molar-refractivity contribution is 0.102. The van der Waals surface area contributed by atoms with Crippen molar-refractivity contribution in [2.24, 2.45) is 0 Å². The Hall–Kier alpha value is -2.66. The van der Waals surface area contributed by atoms with Gasteiger partial charge >= 0.3 is 0 Å². The van der Waals surface area contributed by atoms with Crippen LogP contribution in [0.1, 0.15) is 10.4 Å². The van der Waals surface area contributed by atoms with Crippen molar-refractivity contribution in [1.82, 2.24) is 16.5 Å². The number of sulfonamides is 1. The predicted molar refractivity (Wildman–Crippen MR) is 96.1 cm³/mol. The van der Waals surface area contributed by atoms with Crippen molar-refractivity contribution in [2.75, 3.05) is 28.0 Å². The van der Waals surface area contributed by atoms with Crippen LogP contribution < -0.4 is 31.5 Å². The van der Waals surface area contributed by atoms with Crippen LogP contribution in [0.15, 0.2) is 48.5 Å². The molecule has 25 heavy (non-hydrogen) atoms. The van der Waals surface area contributed by atoms with Gasteiger partial charge in [0.15, 0.2) is 0 Å². The van der Waals surface area contributed by atoms with Crippen molar-refractivity contribution in [3.8, 4) is 0 Å². The van der Waals surface area contributed by atoms with Gasteiger partial charge < -0.3 is 5.32 Å². The van der Waals surface area contributed by atoms with Crippen molar-refractivity contribution in [3.05, 3.63) is 54.1 Å². The molecule has 5 N–H and O–H groups in total. The number of rotatable bonds is 5. The SMILES string of the molecule is CS(=O)(=O)Nc1cccc(NC(=O)c2cccc(N3CNNN3)c2)c1. The maximum absolute atomic E-state index is 12.5. The molecule has 2 aromatic rings. The molecule has 10 heteroatoms. The molecular formula is C15H18N6O3S. The molecule has 0 unspecified atom stereocenters. The van der Waals surface area contributed by atoms with Gasteiger partial charge in [-0.2, -0.15) is 11.1 Å². The number of hydrazine groups is 3. The molecule has 1 saturated heterocycles. The van der Waals surface area contributed by atoms with Gasteiger partial charge in [-0.15, -0.1) is 0 Å². The summed E-state index contributed by atoms with van der Waals surface area (Å²) in [6.45, 7) is 0.546. The van der Waals surface area contributed by atoms with Gasteiger partial charge in [0, 0.05) is 11.3 Å². The van der Waals surface area contributed by atoms with Gasteiger partial charge in [-0.3, -0.25) is 14.5 Å². The van der Waals surface area contributed by atoms with Crippen LogP contribution in [0.2, 0.25) is 0 Å². The van der Waals surface area contributed by atoms with Crippen LogP contribution in [0.25, 0.3) is 0 Å². The average Bonchev–Trinajstić information content (AvgIpc) is 3.08. The highest BCUT2D eigenvalue weighted by molar-refractivity contribution is 7.92. The predicted octanol–water partition coefficient (Wildman–Crippen LogP) is 0.602. The molecule has 9 nitrogen and oxygen atoms in total. The zero-order valence-corrected chi connectivity index (χ0v) is 14.2. The Kier molecular flexibility index (Phi) is 4.86. The summed E-state index contributed by atoms with van der Waals surface area (Å²) in [5.41, 5.74) is 10.7. The Morgan fingerprint density at radius 3 is 2.60 bits per heavy atom. The Bertz CT molecular complexity index is 880. The maximum atomic E-state index is 12.5. The van der Waals surface area contributed by atoms with Crippen LogP contribution in [-0.4, -0.2) is 27.2 Å². The first-order chi connectivity index (χ1) is 11.9. The van der Waals surface area contributed by atoms with E-state index in [0.717, 1.165) is 11.9 Å². The maximum Gasteiger partial charge on any atom is 0.255 e. The van der Waals surface area contributed by atoms with Crippen LogP contribution in [0, 0.1) is 0 Å². The van der Waals surface area contributed by atoms with Crippen molar-refractivity contribution >= 4 is 33.0 Å². The van der Waals surface area contributed by atoms with Gasteiger partial charge in [0.2, 0.25) is 10.0 Å². The molecule has 1 aliphatic heterocycles. The number of amides is 1. The van der Waals surface area contributed by atoms with E-state index in [-0.39, 0.29) is 5.91 Å². The number of nitrogens with one attached hydrogen (secondary N) is 5. The van der Waals surface area contributed by atoms with E-state index in [1.807, 2.05) is 6.07 Å². The summed E-state index contributed by atoms with van der Waals surface area (Å²) in [5.74, 6) is -0.293. The first-order valence-electron chi connectivity index (χ1n) is 7.41. The molecule has 0 radical (unpaired) electrons. The first kappa shape index (κ1) is 17.2. The Morgan fingerprint density at radius 1 is 1.12 bits per heavy atom. The lowest BCUT2D eigenvalue weighted by Gasteiger charge is -2.16. The number of hydrogen-bond donors (Lipinski definition) is 5. The third-order valence-electron chi connectivity index (χ3n) is 3.36. The lowest BCUT2D eigenvalue weighted by Crippen LogP contribution is -2.37. The van der Waals surface area contributed by atoms with E-state index in [1.165, 1.54) is 0 Å². The minimum atomic E-state index is -3.38. The minimum absolute atomic E-state index is 0.293. The summed E-state index contributed by atoms with van der Waals surface area (Å²) in [6.07, 6.45) is 1.07. The monoisotopic (exact) mass is 362 g/mol. The molecule has 1 fully saturated rings. The van der Waals surface area contributed by atoms with Crippen LogP contribution in [0.5, 0.6) is 0 Å². The summed E-state index contributed by atoms with van der Waals surface area (Å²) in [6, 6.07) is 13.6. The Labute approximate surface area is 145 Å².